The number of hydrogen-bond donors (Lipinski definition) is 1. The summed E-state index contributed by atoms with van der Waals surface area (Å²) in [5.74, 6) is -0.00417. The lowest BCUT2D eigenvalue weighted by atomic mass is 10.0. The number of carbonyl (C=O) groups excluding carboxylic acids is 1. The number of hydrogen-bond acceptors (Lipinski definition) is 2. The predicted molar refractivity (Wildman–Crippen MR) is 56.0 cm³/mol. The standard InChI is InChI=1S/C11H21NO2/c1-6-14-7-8(13)12-9-10(2,3)11(9,4)5/h9H,6-7H2,1-5H3,(H,12,13). The molecule has 0 unspecified atom stereocenters. The molecule has 1 fully saturated rings. The fourth-order valence-electron chi connectivity index (χ4n) is 1.95. The molecule has 0 saturated heterocycles. The summed E-state index contributed by atoms with van der Waals surface area (Å²) in [6, 6.07) is 0.281. The zero-order valence-corrected chi connectivity index (χ0v) is 9.81. The normalized spacial score (nSPS) is 23.2. The Hall–Kier alpha value is -0.570. The Morgan fingerprint density at radius 3 is 2.14 bits per heavy atom. The van der Waals surface area contributed by atoms with Crippen molar-refractivity contribution in [2.75, 3.05) is 13.2 Å². The molecule has 1 rings (SSSR count). The van der Waals surface area contributed by atoms with E-state index in [1.807, 2.05) is 6.92 Å². The van der Waals surface area contributed by atoms with Gasteiger partial charge in [-0.1, -0.05) is 27.7 Å². The highest BCUT2D eigenvalue weighted by atomic mass is 16.5. The summed E-state index contributed by atoms with van der Waals surface area (Å²) in [6.07, 6.45) is 0. The molecule has 0 heterocycles. The van der Waals surface area contributed by atoms with Gasteiger partial charge < -0.3 is 10.1 Å². The predicted octanol–water partition coefficient (Wildman–Crippen LogP) is 1.57. The van der Waals surface area contributed by atoms with Crippen LogP contribution in [0.25, 0.3) is 0 Å². The molecule has 0 atom stereocenters. The fraction of sp³-hybridized carbons (Fsp3) is 0.909. The largest absolute Gasteiger partial charge is 0.372 e. The third kappa shape index (κ3) is 1.78. The van der Waals surface area contributed by atoms with Gasteiger partial charge in [0.25, 0.3) is 0 Å². The Bertz CT molecular complexity index is 219. The Balaban J connectivity index is 2.37. The summed E-state index contributed by atoms with van der Waals surface area (Å²) in [6.45, 7) is 11.4. The smallest absolute Gasteiger partial charge is 0.246 e. The van der Waals surface area contributed by atoms with Crippen molar-refractivity contribution in [1.29, 1.82) is 0 Å². The van der Waals surface area contributed by atoms with Gasteiger partial charge in [-0.3, -0.25) is 4.79 Å². The average molecular weight is 199 g/mol. The molecular weight excluding hydrogens is 178 g/mol. The van der Waals surface area contributed by atoms with E-state index in [2.05, 4.69) is 33.0 Å². The second-order valence-corrected chi connectivity index (χ2v) is 5.08. The molecule has 1 N–H and O–H groups in total. The van der Waals surface area contributed by atoms with Crippen LogP contribution in [0.4, 0.5) is 0 Å². The second-order valence-electron chi connectivity index (χ2n) is 5.08. The van der Waals surface area contributed by atoms with Crippen molar-refractivity contribution in [2.45, 2.75) is 40.7 Å². The van der Waals surface area contributed by atoms with Crippen LogP contribution in [0.1, 0.15) is 34.6 Å². The zero-order chi connectivity index (χ0) is 11.0. The topological polar surface area (TPSA) is 38.3 Å². The monoisotopic (exact) mass is 199 g/mol. The van der Waals surface area contributed by atoms with Crippen LogP contribution < -0.4 is 5.32 Å². The number of amides is 1. The molecule has 82 valence electrons. The first-order chi connectivity index (χ1) is 6.34. The Kier molecular flexibility index (Phi) is 2.91. The van der Waals surface area contributed by atoms with Crippen molar-refractivity contribution < 1.29 is 9.53 Å². The molecule has 0 aliphatic heterocycles. The van der Waals surface area contributed by atoms with Crippen LogP contribution in [0.3, 0.4) is 0 Å². The molecule has 0 aromatic carbocycles. The van der Waals surface area contributed by atoms with Gasteiger partial charge in [0.05, 0.1) is 0 Å². The summed E-state index contributed by atoms with van der Waals surface area (Å²) in [5, 5.41) is 3.01. The van der Waals surface area contributed by atoms with Gasteiger partial charge in [-0.15, -0.1) is 0 Å². The van der Waals surface area contributed by atoms with Gasteiger partial charge in [0.1, 0.15) is 6.61 Å². The number of carbonyl (C=O) groups is 1. The third-order valence-corrected chi connectivity index (χ3v) is 3.76. The first-order valence-corrected chi connectivity index (χ1v) is 5.21. The highest BCUT2D eigenvalue weighted by molar-refractivity contribution is 5.78. The summed E-state index contributed by atoms with van der Waals surface area (Å²) in [5.41, 5.74) is 0.406. The maximum atomic E-state index is 11.4. The third-order valence-electron chi connectivity index (χ3n) is 3.76. The molecule has 1 amide bonds. The van der Waals surface area contributed by atoms with Crippen LogP contribution in [0, 0.1) is 10.8 Å². The van der Waals surface area contributed by atoms with Crippen molar-refractivity contribution in [3.05, 3.63) is 0 Å². The summed E-state index contributed by atoms with van der Waals surface area (Å²) in [4.78, 5) is 11.4. The lowest BCUT2D eigenvalue weighted by Gasteiger charge is -2.06. The summed E-state index contributed by atoms with van der Waals surface area (Å²) in [7, 11) is 0. The highest BCUT2D eigenvalue weighted by Crippen LogP contribution is 2.62. The van der Waals surface area contributed by atoms with Crippen LogP contribution in [-0.4, -0.2) is 25.2 Å². The first kappa shape index (κ1) is 11.5. The lowest BCUT2D eigenvalue weighted by molar-refractivity contribution is -0.125. The molecule has 14 heavy (non-hydrogen) atoms. The van der Waals surface area contributed by atoms with E-state index >= 15 is 0 Å². The second kappa shape index (κ2) is 3.54. The highest BCUT2D eigenvalue weighted by Gasteiger charge is 2.65. The number of rotatable bonds is 4. The van der Waals surface area contributed by atoms with Crippen LogP contribution in [0.5, 0.6) is 0 Å². The quantitative estimate of drug-likeness (QED) is 0.746. The molecule has 0 radical (unpaired) electrons. The van der Waals surface area contributed by atoms with Gasteiger partial charge in [-0.05, 0) is 17.8 Å². The van der Waals surface area contributed by atoms with E-state index in [4.69, 9.17) is 4.74 Å². The van der Waals surface area contributed by atoms with Crippen molar-refractivity contribution in [2.24, 2.45) is 10.8 Å². The van der Waals surface area contributed by atoms with Gasteiger partial charge in [0.15, 0.2) is 0 Å². The van der Waals surface area contributed by atoms with Crippen LogP contribution in [-0.2, 0) is 9.53 Å². The van der Waals surface area contributed by atoms with E-state index in [-0.39, 0.29) is 29.4 Å². The SMILES string of the molecule is CCOCC(=O)NC1C(C)(C)C1(C)C. The van der Waals surface area contributed by atoms with E-state index in [0.717, 1.165) is 0 Å². The van der Waals surface area contributed by atoms with Crippen LogP contribution in [0.2, 0.25) is 0 Å². The maximum Gasteiger partial charge on any atom is 0.246 e. The Labute approximate surface area is 86.2 Å². The van der Waals surface area contributed by atoms with E-state index < -0.39 is 0 Å². The maximum absolute atomic E-state index is 11.4. The van der Waals surface area contributed by atoms with E-state index in [0.29, 0.717) is 6.61 Å². The minimum atomic E-state index is -0.00417. The number of nitrogens with one attached hydrogen (secondary N) is 1. The van der Waals surface area contributed by atoms with Gasteiger partial charge >= 0.3 is 0 Å². The van der Waals surface area contributed by atoms with Crippen LogP contribution >= 0.6 is 0 Å². The average Bonchev–Trinajstić information content (AvgIpc) is 2.44. The molecule has 0 bridgehead atoms. The molecule has 1 aliphatic carbocycles. The van der Waals surface area contributed by atoms with E-state index in [9.17, 15) is 4.79 Å². The van der Waals surface area contributed by atoms with Gasteiger partial charge in [0, 0.05) is 12.6 Å². The minimum absolute atomic E-state index is 0.00417. The van der Waals surface area contributed by atoms with E-state index in [1.54, 1.807) is 0 Å². The molecule has 0 aromatic heterocycles. The van der Waals surface area contributed by atoms with E-state index in [1.165, 1.54) is 0 Å². The van der Waals surface area contributed by atoms with Crippen molar-refractivity contribution in [1.82, 2.24) is 5.32 Å². The molecule has 3 heteroatoms. The molecular formula is C11H21NO2. The number of ether oxygens (including phenoxy) is 1. The molecule has 1 saturated carbocycles. The van der Waals surface area contributed by atoms with Gasteiger partial charge in [-0.25, -0.2) is 0 Å². The summed E-state index contributed by atoms with van der Waals surface area (Å²) < 4.78 is 5.05. The fourth-order valence-corrected chi connectivity index (χ4v) is 1.95. The minimum Gasteiger partial charge on any atom is -0.372 e. The van der Waals surface area contributed by atoms with Gasteiger partial charge in [-0.2, -0.15) is 0 Å². The zero-order valence-electron chi connectivity index (χ0n) is 9.81. The first-order valence-electron chi connectivity index (χ1n) is 5.21. The van der Waals surface area contributed by atoms with Crippen molar-refractivity contribution in [3.63, 3.8) is 0 Å². The molecule has 0 spiro atoms. The van der Waals surface area contributed by atoms with Crippen LogP contribution in [0.15, 0.2) is 0 Å². The van der Waals surface area contributed by atoms with Crippen molar-refractivity contribution in [3.8, 4) is 0 Å². The Morgan fingerprint density at radius 2 is 1.79 bits per heavy atom. The molecule has 1 aliphatic rings. The van der Waals surface area contributed by atoms with Gasteiger partial charge in [0.2, 0.25) is 5.91 Å². The lowest BCUT2D eigenvalue weighted by Crippen LogP contribution is -2.32. The Morgan fingerprint density at radius 1 is 1.29 bits per heavy atom. The molecule has 3 nitrogen and oxygen atoms in total. The summed E-state index contributed by atoms with van der Waals surface area (Å²) >= 11 is 0. The van der Waals surface area contributed by atoms with Crippen molar-refractivity contribution >= 4 is 5.91 Å². The molecule has 0 aromatic rings.